The van der Waals surface area contributed by atoms with Crippen LogP contribution < -0.4 is 5.32 Å². The van der Waals surface area contributed by atoms with Gasteiger partial charge in [0.25, 0.3) is 0 Å². The third kappa shape index (κ3) is 5.25. The number of nitrogens with zero attached hydrogens (tertiary/aromatic N) is 2. The molecule has 0 radical (unpaired) electrons. The van der Waals surface area contributed by atoms with Crippen LogP contribution in [0.25, 0.3) is 0 Å². The topological polar surface area (TPSA) is 39.1 Å². The highest BCUT2D eigenvalue weighted by Crippen LogP contribution is 2.18. The number of rotatable bonds is 8. The molecule has 1 saturated heterocycles. The molecule has 1 aliphatic heterocycles. The first-order valence-electron chi connectivity index (χ1n) is 8.11. The molecule has 4 heteroatoms. The largest absolute Gasteiger partial charge is 0.378 e. The molecule has 2 rings (SSSR count). The zero-order valence-corrected chi connectivity index (χ0v) is 13.0. The van der Waals surface area contributed by atoms with Crippen molar-refractivity contribution in [3.05, 3.63) is 18.0 Å². The van der Waals surface area contributed by atoms with E-state index in [0.29, 0.717) is 12.1 Å². The van der Waals surface area contributed by atoms with Crippen molar-refractivity contribution in [1.29, 1.82) is 0 Å². The van der Waals surface area contributed by atoms with Crippen LogP contribution in [0.1, 0.15) is 51.1 Å². The number of aromatic nitrogens is 2. The van der Waals surface area contributed by atoms with Crippen molar-refractivity contribution in [2.45, 2.75) is 64.0 Å². The third-order valence-electron chi connectivity index (χ3n) is 4.02. The summed E-state index contributed by atoms with van der Waals surface area (Å²) in [7, 11) is 1.98. The zero-order valence-electron chi connectivity index (χ0n) is 13.0. The predicted octanol–water partition coefficient (Wildman–Crippen LogP) is 2.68. The summed E-state index contributed by atoms with van der Waals surface area (Å²) in [6.45, 7) is 4.26. The Labute approximate surface area is 122 Å². The molecule has 20 heavy (non-hydrogen) atoms. The zero-order chi connectivity index (χ0) is 14.2. The van der Waals surface area contributed by atoms with Gasteiger partial charge in [-0.1, -0.05) is 6.92 Å². The summed E-state index contributed by atoms with van der Waals surface area (Å²) >= 11 is 0. The Kier molecular flexibility index (Phi) is 6.54. The maximum absolute atomic E-state index is 5.84. The van der Waals surface area contributed by atoms with Gasteiger partial charge in [0.05, 0.1) is 11.8 Å². The van der Waals surface area contributed by atoms with E-state index in [4.69, 9.17) is 4.74 Å². The van der Waals surface area contributed by atoms with E-state index >= 15 is 0 Å². The summed E-state index contributed by atoms with van der Waals surface area (Å²) in [4.78, 5) is 0. The van der Waals surface area contributed by atoms with Gasteiger partial charge in [0, 0.05) is 32.3 Å². The van der Waals surface area contributed by atoms with E-state index < -0.39 is 0 Å². The molecule has 1 aliphatic rings. The Hall–Kier alpha value is -0.870. The lowest BCUT2D eigenvalue weighted by molar-refractivity contribution is 0.00857. The number of aryl methyl sites for hydroxylation is 1. The third-order valence-corrected chi connectivity index (χ3v) is 4.02. The maximum atomic E-state index is 5.84. The van der Waals surface area contributed by atoms with Gasteiger partial charge in [0.2, 0.25) is 0 Å². The van der Waals surface area contributed by atoms with Crippen LogP contribution in [0.15, 0.2) is 12.3 Å². The van der Waals surface area contributed by atoms with Crippen LogP contribution in [0.5, 0.6) is 0 Å². The van der Waals surface area contributed by atoms with E-state index in [9.17, 15) is 0 Å². The second-order valence-corrected chi connectivity index (χ2v) is 5.90. The fourth-order valence-electron chi connectivity index (χ4n) is 2.87. The molecule has 0 spiro atoms. The minimum Gasteiger partial charge on any atom is -0.378 e. The summed E-state index contributed by atoms with van der Waals surface area (Å²) in [5.74, 6) is 0. The molecule has 1 aromatic heterocycles. The maximum Gasteiger partial charge on any atom is 0.0639 e. The van der Waals surface area contributed by atoms with Gasteiger partial charge in [-0.2, -0.15) is 5.10 Å². The van der Waals surface area contributed by atoms with E-state index in [1.165, 1.54) is 44.2 Å². The van der Waals surface area contributed by atoms with Crippen molar-refractivity contribution in [3.8, 4) is 0 Å². The average molecular weight is 279 g/mol. The normalized spacial score (nSPS) is 21.0. The molecule has 114 valence electrons. The average Bonchev–Trinajstić information content (AvgIpc) is 2.88. The fourth-order valence-corrected chi connectivity index (χ4v) is 2.87. The molecule has 0 amide bonds. The molecule has 1 aromatic rings. The number of nitrogens with one attached hydrogen (secondary N) is 1. The summed E-state index contributed by atoms with van der Waals surface area (Å²) in [5.41, 5.74) is 1.19. The Morgan fingerprint density at radius 1 is 1.50 bits per heavy atom. The van der Waals surface area contributed by atoms with Gasteiger partial charge in [0.1, 0.15) is 0 Å². The van der Waals surface area contributed by atoms with Crippen molar-refractivity contribution in [2.75, 3.05) is 13.2 Å². The molecule has 1 fully saturated rings. The van der Waals surface area contributed by atoms with E-state index in [0.717, 1.165) is 19.6 Å². The number of hydrogen-bond acceptors (Lipinski definition) is 3. The Balaban J connectivity index is 1.79. The van der Waals surface area contributed by atoms with Crippen LogP contribution in [-0.4, -0.2) is 35.1 Å². The molecule has 2 atom stereocenters. The molecular formula is C16H29N3O. The number of hydrogen-bond donors (Lipinski definition) is 1. The van der Waals surface area contributed by atoms with Gasteiger partial charge in [0.15, 0.2) is 0 Å². The first kappa shape index (κ1) is 15.5. The second kappa shape index (κ2) is 8.42. The van der Waals surface area contributed by atoms with Gasteiger partial charge in [-0.3, -0.25) is 4.68 Å². The van der Waals surface area contributed by atoms with Gasteiger partial charge >= 0.3 is 0 Å². The fraction of sp³-hybridized carbons (Fsp3) is 0.812. The molecule has 0 aromatic carbocycles. The molecule has 0 aliphatic carbocycles. The summed E-state index contributed by atoms with van der Waals surface area (Å²) < 4.78 is 7.72. The standard InChI is InChI=1S/C16H29N3O/c1-3-10-17-14(13-15-9-11-19(2)18-15)7-8-16-6-4-5-12-20-16/h9,11,14,16-17H,3-8,10,12-13H2,1-2H3. The molecule has 0 bridgehead atoms. The monoisotopic (exact) mass is 279 g/mol. The second-order valence-electron chi connectivity index (χ2n) is 5.90. The van der Waals surface area contributed by atoms with Crippen LogP contribution in [-0.2, 0) is 18.2 Å². The van der Waals surface area contributed by atoms with Crippen LogP contribution in [0, 0.1) is 0 Å². The van der Waals surface area contributed by atoms with Crippen molar-refractivity contribution >= 4 is 0 Å². The van der Waals surface area contributed by atoms with Crippen LogP contribution in [0.2, 0.25) is 0 Å². The van der Waals surface area contributed by atoms with E-state index in [2.05, 4.69) is 23.4 Å². The van der Waals surface area contributed by atoms with Crippen LogP contribution in [0.4, 0.5) is 0 Å². The van der Waals surface area contributed by atoms with E-state index in [1.807, 2.05) is 17.9 Å². The Morgan fingerprint density at radius 3 is 3.05 bits per heavy atom. The molecule has 4 nitrogen and oxygen atoms in total. The van der Waals surface area contributed by atoms with Crippen molar-refractivity contribution in [1.82, 2.24) is 15.1 Å². The lowest BCUT2D eigenvalue weighted by atomic mass is 9.99. The minimum absolute atomic E-state index is 0.485. The van der Waals surface area contributed by atoms with Crippen molar-refractivity contribution < 1.29 is 4.74 Å². The first-order valence-corrected chi connectivity index (χ1v) is 8.11. The first-order chi connectivity index (χ1) is 9.78. The van der Waals surface area contributed by atoms with E-state index in [1.54, 1.807) is 0 Å². The van der Waals surface area contributed by atoms with Gasteiger partial charge in [-0.25, -0.2) is 0 Å². The SMILES string of the molecule is CCCNC(CCC1CCCCO1)Cc1ccn(C)n1. The summed E-state index contributed by atoms with van der Waals surface area (Å²) in [5, 5.41) is 8.16. The van der Waals surface area contributed by atoms with Gasteiger partial charge in [-0.05, 0) is 51.1 Å². The van der Waals surface area contributed by atoms with E-state index in [-0.39, 0.29) is 0 Å². The smallest absolute Gasteiger partial charge is 0.0639 e. The molecule has 2 unspecified atom stereocenters. The molecule has 2 heterocycles. The summed E-state index contributed by atoms with van der Waals surface area (Å²) in [6, 6.07) is 2.65. The predicted molar refractivity (Wildman–Crippen MR) is 81.8 cm³/mol. The van der Waals surface area contributed by atoms with Crippen molar-refractivity contribution in [2.24, 2.45) is 7.05 Å². The van der Waals surface area contributed by atoms with Gasteiger partial charge < -0.3 is 10.1 Å². The van der Waals surface area contributed by atoms with Crippen LogP contribution in [0.3, 0.4) is 0 Å². The minimum atomic E-state index is 0.485. The lowest BCUT2D eigenvalue weighted by Crippen LogP contribution is -2.33. The lowest BCUT2D eigenvalue weighted by Gasteiger charge is -2.25. The Morgan fingerprint density at radius 2 is 2.40 bits per heavy atom. The van der Waals surface area contributed by atoms with Gasteiger partial charge in [-0.15, -0.1) is 0 Å². The quantitative estimate of drug-likeness (QED) is 0.795. The summed E-state index contributed by atoms with van der Waals surface area (Å²) in [6.07, 6.45) is 10.9. The molecule has 1 N–H and O–H groups in total. The highest BCUT2D eigenvalue weighted by molar-refractivity contribution is 5.01. The Bertz CT molecular complexity index is 372. The molecular weight excluding hydrogens is 250 g/mol. The molecule has 0 saturated carbocycles. The van der Waals surface area contributed by atoms with Crippen molar-refractivity contribution in [3.63, 3.8) is 0 Å². The number of ether oxygens (including phenoxy) is 1. The highest BCUT2D eigenvalue weighted by atomic mass is 16.5. The highest BCUT2D eigenvalue weighted by Gasteiger charge is 2.17. The van der Waals surface area contributed by atoms with Crippen LogP contribution >= 0.6 is 0 Å².